The Morgan fingerprint density at radius 1 is 0.980 bits per heavy atom. The Hall–Kier alpha value is -4.92. The van der Waals surface area contributed by atoms with Gasteiger partial charge in [-0.1, -0.05) is 23.7 Å². The molecule has 6 rings (SSSR count). The summed E-state index contributed by atoms with van der Waals surface area (Å²) in [5.74, 6) is -0.836. The van der Waals surface area contributed by atoms with E-state index in [9.17, 15) is 22.0 Å². The average molecular weight is 708 g/mol. The summed E-state index contributed by atoms with van der Waals surface area (Å²) in [7, 11) is -0.782. The first-order valence-electron chi connectivity index (χ1n) is 15.0. The van der Waals surface area contributed by atoms with Crippen molar-refractivity contribution in [1.82, 2.24) is 24.3 Å². The van der Waals surface area contributed by atoms with E-state index < -0.39 is 33.3 Å². The summed E-state index contributed by atoms with van der Waals surface area (Å²) in [5, 5.41) is 5.29. The number of sulfonamides is 1. The molecule has 3 aromatic heterocycles. The van der Waals surface area contributed by atoms with Gasteiger partial charge in [-0.05, 0) is 79.4 Å². The summed E-state index contributed by atoms with van der Waals surface area (Å²) in [6.45, 7) is 3.47. The maximum absolute atomic E-state index is 14.5. The minimum absolute atomic E-state index is 0.0408. The van der Waals surface area contributed by atoms with Crippen LogP contribution in [0, 0.1) is 25.5 Å². The van der Waals surface area contributed by atoms with Gasteiger partial charge in [-0.3, -0.25) is 14.0 Å². The number of fused-ring (bicyclic) bond motifs is 2. The standard InChI is InChI=1S/C34H32ClF2N7O4S/c1-18-12-19(2)39-31-28(18)34(45)44(32(40-31)26(38)15-21-13-22(36)16-23(37)14-21)27-11-10-25(35)29-30(27)42(3)41-33(29)43(49(5,46)47)17-20-6-8-24(48-4)9-7-20/h6-14,16,26H,15,17,38H2,1-5H3. The molecule has 0 saturated heterocycles. The number of nitrogens with zero attached hydrogens (tertiary/aromatic N) is 6. The lowest BCUT2D eigenvalue weighted by atomic mass is 10.0. The number of ether oxygens (including phenoxy) is 1. The van der Waals surface area contributed by atoms with Crippen molar-refractivity contribution in [2.24, 2.45) is 12.8 Å². The quantitative estimate of drug-likeness (QED) is 0.210. The third-order valence-corrected chi connectivity index (χ3v) is 9.58. The van der Waals surface area contributed by atoms with Crippen molar-refractivity contribution in [2.45, 2.75) is 32.9 Å². The lowest BCUT2D eigenvalue weighted by molar-refractivity contribution is 0.414. The van der Waals surface area contributed by atoms with Gasteiger partial charge in [0.15, 0.2) is 11.5 Å². The summed E-state index contributed by atoms with van der Waals surface area (Å²) in [4.78, 5) is 23.7. The van der Waals surface area contributed by atoms with E-state index in [4.69, 9.17) is 27.1 Å². The molecule has 0 spiro atoms. The zero-order valence-electron chi connectivity index (χ0n) is 27.2. The van der Waals surface area contributed by atoms with Gasteiger partial charge < -0.3 is 10.5 Å². The van der Waals surface area contributed by atoms with Crippen LogP contribution in [0.25, 0.3) is 27.6 Å². The Morgan fingerprint density at radius 3 is 2.29 bits per heavy atom. The van der Waals surface area contributed by atoms with Gasteiger partial charge in [0.05, 0.1) is 53.0 Å². The fourth-order valence-corrected chi connectivity index (χ4v) is 7.09. The van der Waals surface area contributed by atoms with Crippen LogP contribution in [0.5, 0.6) is 5.75 Å². The molecule has 0 bridgehead atoms. The number of methoxy groups -OCH3 is 1. The number of aromatic nitrogens is 5. The lowest BCUT2D eigenvalue weighted by Crippen LogP contribution is -2.30. The molecule has 0 fully saturated rings. The summed E-state index contributed by atoms with van der Waals surface area (Å²) in [5.41, 5.74) is 9.09. The molecule has 6 aromatic rings. The maximum atomic E-state index is 14.5. The first-order chi connectivity index (χ1) is 23.2. The van der Waals surface area contributed by atoms with Crippen LogP contribution in [0.3, 0.4) is 0 Å². The molecule has 2 N–H and O–H groups in total. The second-order valence-corrected chi connectivity index (χ2v) is 14.1. The van der Waals surface area contributed by atoms with Gasteiger partial charge in [-0.2, -0.15) is 5.10 Å². The molecule has 1 unspecified atom stereocenters. The van der Waals surface area contributed by atoms with E-state index in [1.807, 2.05) is 0 Å². The summed E-state index contributed by atoms with van der Waals surface area (Å²) < 4.78 is 63.9. The van der Waals surface area contributed by atoms with Gasteiger partial charge in [0.1, 0.15) is 23.2 Å². The van der Waals surface area contributed by atoms with Gasteiger partial charge in [0.25, 0.3) is 5.56 Å². The highest BCUT2D eigenvalue weighted by atomic mass is 35.5. The van der Waals surface area contributed by atoms with E-state index in [0.29, 0.717) is 28.1 Å². The molecule has 0 radical (unpaired) electrons. The van der Waals surface area contributed by atoms with Gasteiger partial charge in [-0.15, -0.1) is 0 Å². The fourth-order valence-electron chi connectivity index (χ4n) is 6.03. The Bertz CT molecular complexity index is 2410. The molecule has 0 aliphatic rings. The maximum Gasteiger partial charge on any atom is 0.268 e. The Balaban J connectivity index is 1.61. The summed E-state index contributed by atoms with van der Waals surface area (Å²) >= 11 is 6.79. The Morgan fingerprint density at radius 2 is 1.65 bits per heavy atom. The number of hydrogen-bond acceptors (Lipinski definition) is 8. The fraction of sp³-hybridized carbons (Fsp3) is 0.235. The number of benzene rings is 3. The summed E-state index contributed by atoms with van der Waals surface area (Å²) in [6, 6.07) is 13.8. The molecule has 49 heavy (non-hydrogen) atoms. The molecule has 1 atom stereocenters. The molecular weight excluding hydrogens is 676 g/mol. The molecule has 0 amide bonds. The highest BCUT2D eigenvalue weighted by molar-refractivity contribution is 7.92. The molecule has 254 valence electrons. The van der Waals surface area contributed by atoms with Crippen molar-refractivity contribution in [3.8, 4) is 11.4 Å². The largest absolute Gasteiger partial charge is 0.497 e. The van der Waals surface area contributed by atoms with Crippen LogP contribution in [0.15, 0.2) is 65.5 Å². The first kappa shape index (κ1) is 34.0. The van der Waals surface area contributed by atoms with Crippen molar-refractivity contribution in [2.75, 3.05) is 17.7 Å². The first-order valence-corrected chi connectivity index (χ1v) is 17.3. The van der Waals surface area contributed by atoms with E-state index >= 15 is 0 Å². The molecular formula is C34H32ClF2N7O4S. The van der Waals surface area contributed by atoms with Crippen molar-refractivity contribution < 1.29 is 21.9 Å². The molecule has 3 heterocycles. The number of halogens is 3. The minimum atomic E-state index is -3.92. The molecule has 15 heteroatoms. The predicted octanol–water partition coefficient (Wildman–Crippen LogP) is 5.43. The van der Waals surface area contributed by atoms with Gasteiger partial charge in [0, 0.05) is 18.8 Å². The topological polar surface area (TPSA) is 138 Å². The van der Waals surface area contributed by atoms with Crippen LogP contribution >= 0.6 is 11.6 Å². The molecule has 0 aliphatic heterocycles. The zero-order chi connectivity index (χ0) is 35.4. The van der Waals surface area contributed by atoms with Crippen molar-refractivity contribution in [3.63, 3.8) is 0 Å². The SMILES string of the molecule is COc1ccc(CN(c2nn(C)c3c(-n4c(C(N)Cc5cc(F)cc(F)c5)nc5nc(C)cc(C)c5c4=O)ccc(Cl)c23)S(C)(=O)=O)cc1. The smallest absolute Gasteiger partial charge is 0.268 e. The van der Waals surface area contributed by atoms with E-state index in [1.54, 1.807) is 57.3 Å². The highest BCUT2D eigenvalue weighted by Gasteiger charge is 2.29. The minimum Gasteiger partial charge on any atom is -0.497 e. The number of pyridine rings is 1. The predicted molar refractivity (Wildman–Crippen MR) is 185 cm³/mol. The van der Waals surface area contributed by atoms with Gasteiger partial charge >= 0.3 is 0 Å². The highest BCUT2D eigenvalue weighted by Crippen LogP contribution is 2.38. The molecule has 3 aromatic carbocycles. The normalized spacial score (nSPS) is 12.5. The summed E-state index contributed by atoms with van der Waals surface area (Å²) in [6.07, 6.45) is 0.991. The Kier molecular flexibility index (Phi) is 8.90. The van der Waals surface area contributed by atoms with Crippen LogP contribution in [-0.4, -0.2) is 46.1 Å². The van der Waals surface area contributed by atoms with Crippen LogP contribution in [0.1, 0.15) is 34.3 Å². The zero-order valence-corrected chi connectivity index (χ0v) is 28.8. The number of hydrogen-bond donors (Lipinski definition) is 1. The van der Waals surface area contributed by atoms with E-state index in [1.165, 1.54) is 22.4 Å². The van der Waals surface area contributed by atoms with E-state index in [2.05, 4.69) is 10.1 Å². The van der Waals surface area contributed by atoms with Crippen LogP contribution in [-0.2, 0) is 30.0 Å². The second kappa shape index (κ2) is 12.8. The Labute approximate surface area is 285 Å². The van der Waals surface area contributed by atoms with Gasteiger partial charge in [-0.25, -0.2) is 31.5 Å². The van der Waals surface area contributed by atoms with Crippen molar-refractivity contribution in [1.29, 1.82) is 0 Å². The number of aryl methyl sites for hydroxylation is 3. The molecule has 0 saturated carbocycles. The third kappa shape index (κ3) is 6.46. The van der Waals surface area contributed by atoms with Crippen LogP contribution in [0.2, 0.25) is 5.02 Å². The van der Waals surface area contributed by atoms with E-state index in [0.717, 1.165) is 28.8 Å². The average Bonchev–Trinajstić information content (AvgIpc) is 3.36. The van der Waals surface area contributed by atoms with E-state index in [-0.39, 0.29) is 57.3 Å². The monoisotopic (exact) mass is 707 g/mol. The van der Waals surface area contributed by atoms with Crippen molar-refractivity contribution >= 4 is 49.4 Å². The van der Waals surface area contributed by atoms with Crippen molar-refractivity contribution in [3.05, 3.63) is 116 Å². The molecule has 11 nitrogen and oxygen atoms in total. The lowest BCUT2D eigenvalue weighted by Gasteiger charge is -2.21. The second-order valence-electron chi connectivity index (χ2n) is 11.8. The number of nitrogens with two attached hydrogens (primary N) is 1. The number of anilines is 1. The van der Waals surface area contributed by atoms with Crippen LogP contribution < -0.4 is 20.3 Å². The molecule has 0 aliphatic carbocycles. The third-order valence-electron chi connectivity index (χ3n) is 8.16. The van der Waals surface area contributed by atoms with Crippen LogP contribution in [0.4, 0.5) is 14.6 Å². The van der Waals surface area contributed by atoms with Gasteiger partial charge in [0.2, 0.25) is 10.0 Å². The number of rotatable bonds is 9.